The number of likely N-dealkylation sites (tertiary alicyclic amines) is 1. The smallest absolute Gasteiger partial charge is 0.416 e. The van der Waals surface area contributed by atoms with E-state index >= 15 is 0 Å². The van der Waals surface area contributed by atoms with Crippen molar-refractivity contribution >= 4 is 16.8 Å². The zero-order chi connectivity index (χ0) is 29.4. The fraction of sp³-hybridized carbons (Fsp3) is 0.212. The summed E-state index contributed by atoms with van der Waals surface area (Å²) < 4.78 is 39.4. The maximum atomic E-state index is 13.1. The molecule has 1 amide bonds. The Bertz CT molecular complexity index is 1710. The van der Waals surface area contributed by atoms with Gasteiger partial charge in [-0.25, -0.2) is 0 Å². The standard InChI is InChI=1S/C33H28F3N3O3/c34-33(35,36)24-4-1-3-22(16-24)25-12-14-39(19-30(25)40)31(41)15-20-7-9-21(10-8-20)26-5-2-6-27(32(26)42)29-17-23-18-37-13-11-28(23)38-29/h1-11,13,16-18,25,30,38,40,42H,12,14-15,19H2. The summed E-state index contributed by atoms with van der Waals surface area (Å²) in [6.07, 6.45) is -1.46. The average Bonchev–Trinajstić information content (AvgIpc) is 3.41. The van der Waals surface area contributed by atoms with Crippen LogP contribution in [0, 0.1) is 0 Å². The molecule has 3 N–H and O–H groups in total. The van der Waals surface area contributed by atoms with Gasteiger partial charge in [-0.05, 0) is 47.4 Å². The second kappa shape index (κ2) is 11.0. The van der Waals surface area contributed by atoms with Crippen molar-refractivity contribution in [3.63, 3.8) is 0 Å². The van der Waals surface area contributed by atoms with Gasteiger partial charge in [-0.15, -0.1) is 0 Å². The van der Waals surface area contributed by atoms with Crippen LogP contribution in [0.2, 0.25) is 0 Å². The minimum atomic E-state index is -4.45. The molecule has 0 bridgehead atoms. The van der Waals surface area contributed by atoms with Crippen molar-refractivity contribution < 1.29 is 28.2 Å². The zero-order valence-corrected chi connectivity index (χ0v) is 22.5. The number of H-pyrrole nitrogens is 1. The largest absolute Gasteiger partial charge is 0.507 e. The van der Waals surface area contributed by atoms with Crippen molar-refractivity contribution in [1.82, 2.24) is 14.9 Å². The number of carbonyl (C=O) groups excluding carboxylic acids is 1. The highest BCUT2D eigenvalue weighted by atomic mass is 19.4. The van der Waals surface area contributed by atoms with Gasteiger partial charge in [-0.3, -0.25) is 9.78 Å². The summed E-state index contributed by atoms with van der Waals surface area (Å²) in [5, 5.41) is 22.8. The molecule has 0 radical (unpaired) electrons. The number of halogens is 3. The first-order valence-electron chi connectivity index (χ1n) is 13.6. The van der Waals surface area contributed by atoms with Gasteiger partial charge in [-0.1, -0.05) is 54.6 Å². The number of phenolic OH excluding ortho intramolecular Hbond substituents is 1. The van der Waals surface area contributed by atoms with Crippen LogP contribution in [-0.2, 0) is 17.4 Å². The van der Waals surface area contributed by atoms with Gasteiger partial charge in [-0.2, -0.15) is 13.2 Å². The minimum absolute atomic E-state index is 0.0578. The first-order valence-corrected chi connectivity index (χ1v) is 13.6. The van der Waals surface area contributed by atoms with Crippen LogP contribution in [0.1, 0.15) is 29.0 Å². The first-order chi connectivity index (χ1) is 20.2. The number of β-amino-alcohol motifs (C(OH)–C–C–N with tert-alkyl or cyclic N) is 1. The van der Waals surface area contributed by atoms with E-state index in [1.54, 1.807) is 23.4 Å². The number of alkyl halides is 3. The highest BCUT2D eigenvalue weighted by molar-refractivity contribution is 5.89. The van der Waals surface area contributed by atoms with Gasteiger partial charge in [0.05, 0.1) is 23.8 Å². The van der Waals surface area contributed by atoms with Crippen molar-refractivity contribution in [1.29, 1.82) is 0 Å². The van der Waals surface area contributed by atoms with E-state index < -0.39 is 23.8 Å². The summed E-state index contributed by atoms with van der Waals surface area (Å²) in [4.78, 5) is 22.1. The van der Waals surface area contributed by atoms with E-state index in [0.29, 0.717) is 29.7 Å². The molecule has 2 unspecified atom stereocenters. The number of piperidine rings is 1. The number of aliphatic hydroxyl groups is 1. The number of aromatic nitrogens is 2. The number of aromatic hydroxyl groups is 1. The molecular formula is C33H28F3N3O3. The number of amides is 1. The number of nitrogens with zero attached hydrogens (tertiary/aromatic N) is 2. The molecular weight excluding hydrogens is 543 g/mol. The van der Waals surface area contributed by atoms with Crippen LogP contribution in [-0.4, -0.2) is 50.2 Å². The summed E-state index contributed by atoms with van der Waals surface area (Å²) in [6, 6.07) is 21.8. The predicted molar refractivity (Wildman–Crippen MR) is 154 cm³/mol. The van der Waals surface area contributed by atoms with Crippen LogP contribution in [0.5, 0.6) is 5.75 Å². The molecule has 1 aliphatic heterocycles. The van der Waals surface area contributed by atoms with Crippen LogP contribution in [0.3, 0.4) is 0 Å². The molecule has 2 atom stereocenters. The molecule has 214 valence electrons. The van der Waals surface area contributed by atoms with Crippen LogP contribution in [0.4, 0.5) is 13.2 Å². The van der Waals surface area contributed by atoms with Gasteiger partial charge in [0, 0.05) is 53.4 Å². The highest BCUT2D eigenvalue weighted by Crippen LogP contribution is 2.39. The third kappa shape index (κ3) is 5.47. The molecule has 6 rings (SSSR count). The van der Waals surface area contributed by atoms with Gasteiger partial charge in [0.15, 0.2) is 0 Å². The fourth-order valence-corrected chi connectivity index (χ4v) is 5.69. The fourth-order valence-electron chi connectivity index (χ4n) is 5.69. The number of aliphatic hydroxyl groups excluding tert-OH is 1. The topological polar surface area (TPSA) is 89.5 Å². The molecule has 2 aromatic heterocycles. The predicted octanol–water partition coefficient (Wildman–Crippen LogP) is 6.54. The Labute approximate surface area is 240 Å². The van der Waals surface area contributed by atoms with Crippen molar-refractivity contribution in [2.24, 2.45) is 0 Å². The van der Waals surface area contributed by atoms with Crippen molar-refractivity contribution in [3.05, 3.63) is 108 Å². The number of benzene rings is 3. The van der Waals surface area contributed by atoms with Crippen LogP contribution in [0.25, 0.3) is 33.3 Å². The number of para-hydroxylation sites is 1. The highest BCUT2D eigenvalue weighted by Gasteiger charge is 2.34. The number of carbonyl (C=O) groups is 1. The molecule has 1 fully saturated rings. The van der Waals surface area contributed by atoms with E-state index in [4.69, 9.17) is 0 Å². The summed E-state index contributed by atoms with van der Waals surface area (Å²) in [5.74, 6) is -0.499. The van der Waals surface area contributed by atoms with Gasteiger partial charge in [0.2, 0.25) is 5.91 Å². The molecule has 42 heavy (non-hydrogen) atoms. The second-order valence-electron chi connectivity index (χ2n) is 10.6. The number of nitrogens with one attached hydrogen (secondary N) is 1. The minimum Gasteiger partial charge on any atom is -0.507 e. The van der Waals surface area contributed by atoms with Crippen molar-refractivity contribution in [2.45, 2.75) is 31.0 Å². The molecule has 0 aliphatic carbocycles. The SMILES string of the molecule is O=C(Cc1ccc(-c2cccc(-c3cc4cnccc4[nH]3)c2O)cc1)N1CCC(c2cccc(C(F)(F)F)c2)C(O)C1. The molecule has 0 spiro atoms. The maximum absolute atomic E-state index is 13.1. The van der Waals surface area contributed by atoms with Crippen LogP contribution >= 0.6 is 0 Å². The van der Waals surface area contributed by atoms with Crippen molar-refractivity contribution in [3.8, 4) is 28.1 Å². The second-order valence-corrected chi connectivity index (χ2v) is 10.6. The Kier molecular flexibility index (Phi) is 7.20. The lowest BCUT2D eigenvalue weighted by atomic mass is 9.86. The third-order valence-corrected chi connectivity index (χ3v) is 7.94. The quantitative estimate of drug-likeness (QED) is 0.224. The molecule has 9 heteroatoms. The lowest BCUT2D eigenvalue weighted by Gasteiger charge is -2.36. The first kappa shape index (κ1) is 27.5. The Morgan fingerprint density at radius 3 is 2.50 bits per heavy atom. The lowest BCUT2D eigenvalue weighted by Crippen LogP contribution is -2.46. The number of phenols is 1. The maximum Gasteiger partial charge on any atom is 0.416 e. The summed E-state index contributed by atoms with van der Waals surface area (Å²) in [6.45, 7) is 0.404. The summed E-state index contributed by atoms with van der Waals surface area (Å²) in [5.41, 5.74) is 4.26. The number of aromatic amines is 1. The van der Waals surface area contributed by atoms with Gasteiger partial charge in [0.1, 0.15) is 5.75 Å². The Hall–Kier alpha value is -4.63. The molecule has 1 aliphatic rings. The lowest BCUT2D eigenvalue weighted by molar-refractivity contribution is -0.137. The number of rotatable bonds is 5. The Morgan fingerprint density at radius 2 is 1.76 bits per heavy atom. The van der Waals surface area contributed by atoms with Crippen molar-refractivity contribution in [2.75, 3.05) is 13.1 Å². The van der Waals surface area contributed by atoms with Gasteiger partial charge >= 0.3 is 6.18 Å². The number of fused-ring (bicyclic) bond motifs is 1. The molecule has 6 nitrogen and oxygen atoms in total. The van der Waals surface area contributed by atoms with E-state index in [2.05, 4.69) is 9.97 Å². The van der Waals surface area contributed by atoms with Crippen LogP contribution in [0.15, 0.2) is 91.3 Å². The van der Waals surface area contributed by atoms with Crippen LogP contribution < -0.4 is 0 Å². The Balaban J connectivity index is 1.12. The van der Waals surface area contributed by atoms with E-state index in [9.17, 15) is 28.2 Å². The molecule has 1 saturated heterocycles. The van der Waals surface area contributed by atoms with E-state index in [1.165, 1.54) is 6.07 Å². The van der Waals surface area contributed by atoms with Gasteiger partial charge in [0.25, 0.3) is 0 Å². The van der Waals surface area contributed by atoms with E-state index in [0.717, 1.165) is 39.9 Å². The Morgan fingerprint density at radius 1 is 1.00 bits per heavy atom. The summed E-state index contributed by atoms with van der Waals surface area (Å²) >= 11 is 0. The number of hydrogen-bond donors (Lipinski definition) is 3. The van der Waals surface area contributed by atoms with E-state index in [1.807, 2.05) is 54.6 Å². The monoisotopic (exact) mass is 571 g/mol. The normalized spacial score (nSPS) is 17.5. The molecule has 5 aromatic rings. The molecule has 0 saturated carbocycles. The molecule has 3 aromatic carbocycles. The molecule has 3 heterocycles. The average molecular weight is 572 g/mol. The number of pyridine rings is 1. The van der Waals surface area contributed by atoms with E-state index in [-0.39, 0.29) is 24.6 Å². The third-order valence-electron chi connectivity index (χ3n) is 7.94. The number of hydrogen-bond acceptors (Lipinski definition) is 4. The van der Waals surface area contributed by atoms with Gasteiger partial charge < -0.3 is 20.1 Å². The zero-order valence-electron chi connectivity index (χ0n) is 22.5. The summed E-state index contributed by atoms with van der Waals surface area (Å²) in [7, 11) is 0.